The summed E-state index contributed by atoms with van der Waals surface area (Å²) in [5.41, 5.74) is 10.5. The maximum atomic E-state index is 12.9. The molecule has 5 atom stereocenters. The second-order valence-corrected chi connectivity index (χ2v) is 27.1. The molecule has 0 spiro atoms. The number of benzene rings is 3. The molecule has 450 valence electrons. The van der Waals surface area contributed by atoms with E-state index in [1.54, 1.807) is 7.11 Å². The minimum Gasteiger partial charge on any atom is -0.497 e. The lowest BCUT2D eigenvalue weighted by molar-refractivity contribution is -0.129. The third kappa shape index (κ3) is 11.1. The molecular formula is C67H78BClN8O9. The summed E-state index contributed by atoms with van der Waals surface area (Å²) in [5, 5.41) is 18.6. The van der Waals surface area contributed by atoms with Crippen molar-refractivity contribution < 1.29 is 42.7 Å². The fourth-order valence-corrected chi connectivity index (χ4v) is 12.7. The van der Waals surface area contributed by atoms with Gasteiger partial charge in [-0.2, -0.15) is 10.2 Å². The Kier molecular flexibility index (Phi) is 15.1. The van der Waals surface area contributed by atoms with E-state index >= 15 is 0 Å². The van der Waals surface area contributed by atoms with Crippen LogP contribution in [-0.2, 0) is 39.3 Å². The number of hydrogen-bond acceptors (Lipinski definition) is 11. The molecule has 0 bridgehead atoms. The Bertz CT molecular complexity index is 3810. The van der Waals surface area contributed by atoms with E-state index in [2.05, 4.69) is 45.2 Å². The number of ether oxygens (including phenoxy) is 3. The first-order valence-electron chi connectivity index (χ1n) is 30.3. The average Bonchev–Trinajstić information content (AvgIpc) is 1.79. The molecule has 86 heavy (non-hydrogen) atoms. The molecule has 14 rings (SSSR count). The van der Waals surface area contributed by atoms with Crippen molar-refractivity contribution >= 4 is 70.2 Å². The first-order valence-corrected chi connectivity index (χ1v) is 30.7. The van der Waals surface area contributed by atoms with Crippen molar-refractivity contribution in [2.45, 2.75) is 167 Å². The van der Waals surface area contributed by atoms with E-state index in [9.17, 15) is 19.2 Å². The molecular weight excluding hydrogens is 1110 g/mol. The molecule has 0 radical (unpaired) electrons. The fourth-order valence-electron chi connectivity index (χ4n) is 12.5. The molecule has 5 aliphatic heterocycles. The van der Waals surface area contributed by atoms with E-state index in [1.165, 1.54) is 36.8 Å². The van der Waals surface area contributed by atoms with Gasteiger partial charge in [0.2, 0.25) is 23.6 Å². The molecule has 0 unspecified atom stereocenters. The largest absolute Gasteiger partial charge is 0.497 e. The lowest BCUT2D eigenvalue weighted by Gasteiger charge is -2.32. The Hall–Kier alpha value is -7.41. The maximum Gasteiger partial charge on any atom is 0.494 e. The van der Waals surface area contributed by atoms with Crippen molar-refractivity contribution in [3.05, 3.63) is 130 Å². The minimum atomic E-state index is -0.532. The van der Waals surface area contributed by atoms with Gasteiger partial charge in [-0.15, -0.1) is 0 Å². The van der Waals surface area contributed by atoms with E-state index in [0.29, 0.717) is 42.8 Å². The van der Waals surface area contributed by atoms with Gasteiger partial charge in [0.15, 0.2) is 0 Å². The van der Waals surface area contributed by atoms with Crippen LogP contribution in [0.4, 0.5) is 11.4 Å². The highest BCUT2D eigenvalue weighted by Crippen LogP contribution is 2.48. The third-order valence-corrected chi connectivity index (χ3v) is 19.5. The number of pyridine rings is 2. The van der Waals surface area contributed by atoms with E-state index in [4.69, 9.17) is 35.1 Å². The number of anilines is 2. The monoisotopic (exact) mass is 1180 g/mol. The number of fused-ring (bicyclic) bond motifs is 4. The van der Waals surface area contributed by atoms with Gasteiger partial charge in [-0.25, -0.2) is 9.03 Å². The predicted molar refractivity (Wildman–Crippen MR) is 333 cm³/mol. The molecule has 3 saturated heterocycles. The van der Waals surface area contributed by atoms with Gasteiger partial charge in [0.25, 0.3) is 0 Å². The van der Waals surface area contributed by atoms with Gasteiger partial charge in [0, 0.05) is 84.3 Å². The fraction of sp³-hybridized carbons (Fsp3) is 0.463. The average molecular weight is 1190 g/mol. The van der Waals surface area contributed by atoms with Crippen LogP contribution in [0.25, 0.3) is 22.2 Å². The van der Waals surface area contributed by atoms with Crippen molar-refractivity contribution in [3.8, 4) is 28.4 Å². The summed E-state index contributed by atoms with van der Waals surface area (Å²) in [5.74, 6) is 3.99. The van der Waals surface area contributed by atoms with E-state index in [0.717, 1.165) is 72.9 Å². The van der Waals surface area contributed by atoms with Crippen LogP contribution in [0.15, 0.2) is 97.6 Å². The normalized spacial score (nSPS) is 22.2. The van der Waals surface area contributed by atoms with Gasteiger partial charge in [-0.05, 0) is 172 Å². The molecule has 3 aromatic carbocycles. The third-order valence-electron chi connectivity index (χ3n) is 19.3. The number of carbonyl (C=O) groups is 4. The van der Waals surface area contributed by atoms with Crippen LogP contribution in [0.5, 0.6) is 17.2 Å². The molecule has 19 heteroatoms. The van der Waals surface area contributed by atoms with Crippen molar-refractivity contribution in [2.75, 3.05) is 30.8 Å². The lowest BCUT2D eigenvalue weighted by Crippen LogP contribution is -2.41. The van der Waals surface area contributed by atoms with Gasteiger partial charge in [-0.1, -0.05) is 48.0 Å². The predicted octanol–water partition coefficient (Wildman–Crippen LogP) is 11.5. The second-order valence-electron chi connectivity index (χ2n) is 26.6. The van der Waals surface area contributed by atoms with Gasteiger partial charge >= 0.3 is 7.12 Å². The van der Waals surface area contributed by atoms with Crippen LogP contribution < -0.4 is 35.6 Å². The van der Waals surface area contributed by atoms with Crippen LogP contribution in [0.1, 0.15) is 160 Å². The Balaban J connectivity index is 0.000000130. The number of amides is 4. The highest BCUT2D eigenvalue weighted by molar-refractivity contribution is 6.62. The summed E-state index contributed by atoms with van der Waals surface area (Å²) in [6.07, 6.45) is 13.2. The Labute approximate surface area is 508 Å². The van der Waals surface area contributed by atoms with E-state index < -0.39 is 17.9 Å². The number of aromatic nitrogens is 4. The van der Waals surface area contributed by atoms with E-state index in [-0.39, 0.29) is 64.9 Å². The summed E-state index contributed by atoms with van der Waals surface area (Å²) in [6, 6.07) is 23.9. The van der Waals surface area contributed by atoms with Gasteiger partial charge < -0.3 is 44.4 Å². The van der Waals surface area contributed by atoms with Crippen LogP contribution in [0.3, 0.4) is 0 Å². The van der Waals surface area contributed by atoms with Gasteiger partial charge in [0.1, 0.15) is 40.5 Å². The lowest BCUT2D eigenvalue weighted by atomic mass is 9.77. The highest BCUT2D eigenvalue weighted by Gasteiger charge is 2.52. The quantitative estimate of drug-likeness (QED) is 0.0932. The number of hydrogen-bond donors (Lipinski definition) is 3. The number of methoxy groups -OCH3 is 1. The molecule has 4 amide bonds. The number of rotatable bonds is 13. The van der Waals surface area contributed by atoms with Gasteiger partial charge in [-0.3, -0.25) is 19.2 Å². The molecule has 2 saturated carbocycles. The van der Waals surface area contributed by atoms with Crippen molar-refractivity contribution in [1.29, 1.82) is 0 Å². The molecule has 4 aromatic heterocycles. The Morgan fingerprint density at radius 3 is 1.76 bits per heavy atom. The summed E-state index contributed by atoms with van der Waals surface area (Å²) in [6.45, 7) is 23.3. The van der Waals surface area contributed by atoms with Crippen molar-refractivity contribution in [2.24, 2.45) is 11.8 Å². The Morgan fingerprint density at radius 1 is 0.651 bits per heavy atom. The molecule has 7 aliphatic rings. The topological polar surface area (TPSA) is 188 Å². The molecule has 17 nitrogen and oxygen atoms in total. The molecule has 9 heterocycles. The zero-order valence-electron chi connectivity index (χ0n) is 51.3. The Morgan fingerprint density at radius 2 is 1.20 bits per heavy atom. The smallest absolute Gasteiger partial charge is 0.494 e. The van der Waals surface area contributed by atoms with E-state index in [1.807, 2.05) is 169 Å². The first kappa shape index (κ1) is 59.0. The number of carbonyl (C=O) groups excluding carboxylic acids is 4. The molecule has 2 aliphatic carbocycles. The van der Waals surface area contributed by atoms with Crippen LogP contribution >= 0.6 is 11.6 Å². The van der Waals surface area contributed by atoms with Crippen LogP contribution in [0.2, 0.25) is 5.02 Å². The first-order chi connectivity index (χ1) is 40.8. The summed E-state index contributed by atoms with van der Waals surface area (Å²) in [7, 11) is 1.25. The summed E-state index contributed by atoms with van der Waals surface area (Å²) < 4.78 is 34.0. The number of likely N-dealkylation sites (tertiary alicyclic amines) is 1. The molecule has 7 aromatic rings. The molecule has 5 fully saturated rings. The number of nitrogens with one attached hydrogen (secondary N) is 3. The SMILES string of the molecule is CC1(C)C(=O)Nc2cc(B3OC(C)(C)C(C)(C)O3)ccc21.COc1ccc([C@@H](C)N2C[C@H]([C@@H](C)Oc3cc(Cl)cn4ncc(C5CC5)c34)CC2=O)cc1.C[C@@H](Oc1cc(-c2ccc3c(c2)NC(=O)C3(C)C)cn2ncc(C3CC3)c12)[C@H]1CNC(=O)C1. The minimum absolute atomic E-state index is 0.000203. The summed E-state index contributed by atoms with van der Waals surface area (Å²) in [4.78, 5) is 51.0. The zero-order chi connectivity index (χ0) is 60.9. The van der Waals surface area contributed by atoms with Crippen LogP contribution in [0, 0.1) is 11.8 Å². The van der Waals surface area contributed by atoms with Crippen molar-refractivity contribution in [3.63, 3.8) is 0 Å². The second kappa shape index (κ2) is 22.1. The number of nitrogens with zero attached hydrogens (tertiary/aromatic N) is 5. The van der Waals surface area contributed by atoms with Gasteiger partial charge in [0.05, 0.1) is 52.6 Å². The highest BCUT2D eigenvalue weighted by atomic mass is 35.5. The molecule has 3 N–H and O–H groups in total. The van der Waals surface area contributed by atoms with Crippen LogP contribution in [-0.4, -0.2) is 98.5 Å². The zero-order valence-corrected chi connectivity index (χ0v) is 52.1. The standard InChI is InChI=1S/C26H28N4O3.C25H28ClN3O3.C16H22BNO3/c1-14(17-10-23(31)27-11-17)33-22-9-18(13-30-24(22)19(12-28-30)15-4-5-15)16-6-7-20-21(8-16)29-25(32)26(20,2)3;1-15(17-6-8-21(31-3)9-7-17)28-13-19(10-24(28)30)16(2)32-23-11-20(26)14-29-25(23)22(12-27-29)18-4-5-18;1-14(2)11-8-7-10(9-12(11)18-13(14)19)17-20-15(3,4)16(5,6)21-17/h6-9,12-15,17H,4-5,10-11H2,1-3H3,(H,27,31)(H,29,32);6-9,11-12,14-16,18-19H,4-5,10,13H2,1-3H3;7-9H,1-6H3,(H,18,19)/t14-,17-;15-,16-,19-;/m11./s1. The maximum absolute atomic E-state index is 12.9. The van der Waals surface area contributed by atoms with Crippen molar-refractivity contribution in [1.82, 2.24) is 29.4 Å². The summed E-state index contributed by atoms with van der Waals surface area (Å²) >= 11 is 6.34. The number of halogens is 1.